The molecule has 4 aromatic carbocycles. The van der Waals surface area contributed by atoms with Crippen LogP contribution >= 0.6 is 0 Å². The van der Waals surface area contributed by atoms with Crippen LogP contribution in [0.2, 0.25) is 0 Å². The highest BCUT2D eigenvalue weighted by atomic mass is 19.1. The number of rotatable bonds is 14. The average Bonchev–Trinajstić information content (AvgIpc) is 2.98. The van der Waals surface area contributed by atoms with Gasteiger partial charge in [-0.2, -0.15) is 0 Å². The molecule has 0 aromatic heterocycles. The molecule has 212 valence electrons. The summed E-state index contributed by atoms with van der Waals surface area (Å²) < 4.78 is 32.2. The molecule has 0 spiro atoms. The zero-order chi connectivity index (χ0) is 29.0. The van der Waals surface area contributed by atoms with E-state index >= 15 is 0 Å². The summed E-state index contributed by atoms with van der Waals surface area (Å²) in [5, 5.41) is 2.86. The molecule has 0 saturated heterocycles. The second-order valence-corrected chi connectivity index (χ2v) is 9.60. The number of carbonyl (C=O) groups is 1. The topological polar surface area (TPSA) is 56.8 Å². The van der Waals surface area contributed by atoms with Crippen molar-refractivity contribution >= 4 is 11.6 Å². The largest absolute Gasteiger partial charge is 0.493 e. The number of anilines is 1. The van der Waals surface area contributed by atoms with Gasteiger partial charge in [-0.05, 0) is 59.9 Å². The van der Waals surface area contributed by atoms with E-state index in [0.29, 0.717) is 44.2 Å². The van der Waals surface area contributed by atoms with Crippen LogP contribution in [0.1, 0.15) is 37.0 Å². The molecule has 0 aliphatic rings. The Labute approximate surface area is 241 Å². The molecule has 0 aliphatic heterocycles. The summed E-state index contributed by atoms with van der Waals surface area (Å²) >= 11 is 0. The Morgan fingerprint density at radius 1 is 0.878 bits per heavy atom. The molecule has 0 saturated carbocycles. The first-order chi connectivity index (χ1) is 20.0. The molecule has 4 aromatic rings. The number of aryl methyl sites for hydroxylation is 1. The van der Waals surface area contributed by atoms with Crippen LogP contribution in [0.3, 0.4) is 0 Å². The molecule has 0 bridgehead atoms. The number of benzene rings is 4. The lowest BCUT2D eigenvalue weighted by Gasteiger charge is -2.18. The summed E-state index contributed by atoms with van der Waals surface area (Å²) in [5.74, 6) is 1.72. The number of amides is 1. The molecule has 0 heterocycles. The van der Waals surface area contributed by atoms with Crippen molar-refractivity contribution in [2.24, 2.45) is 0 Å². The molecule has 6 heteroatoms. The van der Waals surface area contributed by atoms with Crippen molar-refractivity contribution in [3.8, 4) is 28.4 Å². The first kappa shape index (κ1) is 29.4. The molecule has 0 atom stereocenters. The van der Waals surface area contributed by atoms with Crippen LogP contribution in [-0.4, -0.2) is 19.1 Å². The van der Waals surface area contributed by atoms with Crippen molar-refractivity contribution in [2.45, 2.75) is 39.7 Å². The van der Waals surface area contributed by atoms with E-state index in [1.165, 1.54) is 19.1 Å². The number of hydrogen-bond donors (Lipinski definition) is 1. The average molecular weight is 554 g/mol. The monoisotopic (exact) mass is 553 g/mol. The van der Waals surface area contributed by atoms with Crippen LogP contribution in [0.15, 0.2) is 97.6 Å². The van der Waals surface area contributed by atoms with Crippen LogP contribution in [0.25, 0.3) is 11.1 Å². The van der Waals surface area contributed by atoms with E-state index in [1.807, 2.05) is 54.6 Å². The van der Waals surface area contributed by atoms with Crippen LogP contribution in [0.4, 0.5) is 10.1 Å². The third-order valence-electron chi connectivity index (χ3n) is 6.53. The molecule has 0 fully saturated rings. The Morgan fingerprint density at radius 2 is 1.61 bits per heavy atom. The second-order valence-electron chi connectivity index (χ2n) is 9.60. The van der Waals surface area contributed by atoms with Crippen molar-refractivity contribution in [1.82, 2.24) is 0 Å². The minimum Gasteiger partial charge on any atom is -0.493 e. The van der Waals surface area contributed by atoms with Gasteiger partial charge in [-0.3, -0.25) is 4.79 Å². The molecule has 1 N–H and O–H groups in total. The summed E-state index contributed by atoms with van der Waals surface area (Å²) in [7, 11) is 0. The van der Waals surface area contributed by atoms with E-state index in [0.717, 1.165) is 45.7 Å². The maximum Gasteiger partial charge on any atom is 0.221 e. The number of hydrogen-bond acceptors (Lipinski definition) is 4. The van der Waals surface area contributed by atoms with Gasteiger partial charge in [-0.15, -0.1) is 6.58 Å². The van der Waals surface area contributed by atoms with E-state index in [1.54, 1.807) is 18.2 Å². The third-order valence-corrected chi connectivity index (χ3v) is 6.53. The Hall–Kier alpha value is -4.58. The van der Waals surface area contributed by atoms with E-state index in [-0.39, 0.29) is 11.7 Å². The highest BCUT2D eigenvalue weighted by Crippen LogP contribution is 2.37. The first-order valence-corrected chi connectivity index (χ1v) is 13.8. The molecule has 0 aliphatic carbocycles. The lowest BCUT2D eigenvalue weighted by Crippen LogP contribution is -2.10. The number of nitrogens with one attached hydrogen (secondary N) is 1. The van der Waals surface area contributed by atoms with Crippen LogP contribution in [0, 0.1) is 5.82 Å². The third kappa shape index (κ3) is 8.21. The number of allylic oxidation sites excluding steroid dienone is 1. The van der Waals surface area contributed by atoms with Gasteiger partial charge in [0.2, 0.25) is 5.91 Å². The lowest BCUT2D eigenvalue weighted by molar-refractivity contribution is -0.114. The lowest BCUT2D eigenvalue weighted by atomic mass is 10.00. The number of halogens is 1. The minimum atomic E-state index is -0.281. The number of ether oxygens (including phenoxy) is 3. The Morgan fingerprint density at radius 3 is 2.29 bits per heavy atom. The zero-order valence-corrected chi connectivity index (χ0v) is 23.6. The van der Waals surface area contributed by atoms with Gasteiger partial charge in [-0.1, -0.05) is 61.5 Å². The van der Waals surface area contributed by atoms with Crippen LogP contribution < -0.4 is 19.5 Å². The van der Waals surface area contributed by atoms with Crippen LogP contribution in [-0.2, 0) is 24.2 Å². The molecule has 41 heavy (non-hydrogen) atoms. The molecule has 1 amide bonds. The van der Waals surface area contributed by atoms with E-state index in [9.17, 15) is 9.18 Å². The highest BCUT2D eigenvalue weighted by molar-refractivity contribution is 5.90. The smallest absolute Gasteiger partial charge is 0.221 e. The number of carbonyl (C=O) groups excluding carboxylic acids is 1. The summed E-state index contributed by atoms with van der Waals surface area (Å²) in [4.78, 5) is 11.6. The van der Waals surface area contributed by atoms with Crippen molar-refractivity contribution in [3.05, 3.63) is 120 Å². The van der Waals surface area contributed by atoms with Gasteiger partial charge in [0.25, 0.3) is 0 Å². The fourth-order valence-corrected chi connectivity index (χ4v) is 4.51. The van der Waals surface area contributed by atoms with E-state index in [2.05, 4.69) is 24.9 Å². The summed E-state index contributed by atoms with van der Waals surface area (Å²) in [6, 6.07) is 26.0. The van der Waals surface area contributed by atoms with Gasteiger partial charge in [-0.25, -0.2) is 4.39 Å². The molecule has 0 radical (unpaired) electrons. The van der Waals surface area contributed by atoms with E-state index < -0.39 is 0 Å². The van der Waals surface area contributed by atoms with Crippen molar-refractivity contribution in [2.75, 3.05) is 18.5 Å². The Bertz CT molecular complexity index is 1450. The summed E-state index contributed by atoms with van der Waals surface area (Å²) in [5.41, 5.74) is 5.47. The molecule has 0 unspecified atom stereocenters. The van der Waals surface area contributed by atoms with Crippen molar-refractivity contribution in [1.29, 1.82) is 0 Å². The quantitative estimate of drug-likeness (QED) is 0.126. The van der Waals surface area contributed by atoms with E-state index in [4.69, 9.17) is 14.2 Å². The first-order valence-electron chi connectivity index (χ1n) is 13.8. The predicted octanol–water partition coefficient (Wildman–Crippen LogP) is 8.17. The molecule has 4 rings (SSSR count). The van der Waals surface area contributed by atoms with Gasteiger partial charge < -0.3 is 19.5 Å². The predicted molar refractivity (Wildman–Crippen MR) is 162 cm³/mol. The highest BCUT2D eigenvalue weighted by Gasteiger charge is 2.15. The molecular formula is C35H36FNO4. The Kier molecular flexibility index (Phi) is 10.5. The molecular weight excluding hydrogens is 517 g/mol. The van der Waals surface area contributed by atoms with Gasteiger partial charge in [0.1, 0.15) is 29.7 Å². The van der Waals surface area contributed by atoms with Gasteiger partial charge >= 0.3 is 0 Å². The zero-order valence-electron chi connectivity index (χ0n) is 23.6. The van der Waals surface area contributed by atoms with Crippen molar-refractivity contribution in [3.63, 3.8) is 0 Å². The maximum absolute atomic E-state index is 13.6. The van der Waals surface area contributed by atoms with Crippen molar-refractivity contribution < 1.29 is 23.4 Å². The summed E-state index contributed by atoms with van der Waals surface area (Å²) in [6.07, 6.45) is 3.78. The fraction of sp³-hybridized carbons (Fsp3) is 0.229. The fourth-order valence-electron chi connectivity index (χ4n) is 4.51. The molecule has 5 nitrogen and oxygen atoms in total. The SMILES string of the molecule is C=CCc1c(NC(C)=O)cccc1OCCCOc1cc(OCc2ccccc2)c(-c2ccc(F)cc2)cc1CC. The minimum absolute atomic E-state index is 0.134. The Balaban J connectivity index is 1.47. The summed E-state index contributed by atoms with van der Waals surface area (Å²) in [6.45, 7) is 8.68. The standard InChI is InChI=1S/C35H36FNO4/c1-4-11-30-32(37-25(3)38)14-9-15-33(30)39-20-10-21-40-34-23-35(41-24-26-12-7-6-8-13-26)31(22-27(34)5-2)28-16-18-29(36)19-17-28/h4,6-9,12-19,22-23H,1,5,10-11,20-21,24H2,2-3H3,(H,37,38). The van der Waals surface area contributed by atoms with Gasteiger partial charge in [0, 0.05) is 36.2 Å². The normalized spacial score (nSPS) is 10.6. The van der Waals surface area contributed by atoms with Gasteiger partial charge in [0.05, 0.1) is 13.2 Å². The maximum atomic E-state index is 13.6. The van der Waals surface area contributed by atoms with Crippen LogP contribution in [0.5, 0.6) is 17.2 Å². The second kappa shape index (κ2) is 14.7. The van der Waals surface area contributed by atoms with Gasteiger partial charge in [0.15, 0.2) is 0 Å².